The highest BCUT2D eigenvalue weighted by atomic mass is 16.4. The van der Waals surface area contributed by atoms with Crippen LogP contribution in [0.4, 0.5) is 0 Å². The van der Waals surface area contributed by atoms with Gasteiger partial charge in [-0.25, -0.2) is 0 Å². The Bertz CT molecular complexity index is 493. The summed E-state index contributed by atoms with van der Waals surface area (Å²) in [6, 6.07) is 3.06. The molecule has 7 heteroatoms. The van der Waals surface area contributed by atoms with Crippen LogP contribution in [0.25, 0.3) is 0 Å². The highest BCUT2D eigenvalue weighted by Gasteiger charge is 2.28. The molecule has 1 fully saturated rings. The highest BCUT2D eigenvalue weighted by Crippen LogP contribution is 2.29. The molecule has 0 aromatic carbocycles. The number of carboxylic acid groups (broad SMARTS) is 1. The first kappa shape index (κ1) is 14.1. The Morgan fingerprint density at radius 3 is 2.70 bits per heavy atom. The lowest BCUT2D eigenvalue weighted by molar-refractivity contribution is -0.144. The van der Waals surface area contributed by atoms with Gasteiger partial charge in [-0.1, -0.05) is 0 Å². The molecule has 1 aliphatic carbocycles. The van der Waals surface area contributed by atoms with Gasteiger partial charge in [0.2, 0.25) is 5.91 Å². The maximum absolute atomic E-state index is 11.9. The predicted octanol–water partition coefficient (Wildman–Crippen LogP) is 0.333. The van der Waals surface area contributed by atoms with Gasteiger partial charge in [0.1, 0.15) is 6.54 Å². The van der Waals surface area contributed by atoms with Crippen molar-refractivity contribution in [2.75, 3.05) is 19.6 Å². The second-order valence-corrected chi connectivity index (χ2v) is 4.77. The molecule has 1 aliphatic rings. The summed E-state index contributed by atoms with van der Waals surface area (Å²) in [5, 5.41) is 11.2. The van der Waals surface area contributed by atoms with Gasteiger partial charge < -0.3 is 19.7 Å². The molecule has 0 saturated heterocycles. The van der Waals surface area contributed by atoms with Crippen molar-refractivity contribution in [1.29, 1.82) is 0 Å². The molecule has 0 atom stereocenters. The number of carboxylic acids is 1. The van der Waals surface area contributed by atoms with Crippen LogP contribution in [0.2, 0.25) is 0 Å². The number of rotatable bonds is 7. The van der Waals surface area contributed by atoms with Gasteiger partial charge in [0, 0.05) is 6.54 Å². The van der Waals surface area contributed by atoms with Gasteiger partial charge in [-0.15, -0.1) is 0 Å². The summed E-state index contributed by atoms with van der Waals surface area (Å²) < 4.78 is 4.90. The van der Waals surface area contributed by atoms with E-state index in [2.05, 4.69) is 5.32 Å². The van der Waals surface area contributed by atoms with Crippen molar-refractivity contribution in [2.45, 2.75) is 12.8 Å². The van der Waals surface area contributed by atoms with E-state index in [4.69, 9.17) is 9.52 Å². The van der Waals surface area contributed by atoms with E-state index in [1.165, 1.54) is 17.2 Å². The van der Waals surface area contributed by atoms with E-state index in [0.717, 1.165) is 12.8 Å². The second-order valence-electron chi connectivity index (χ2n) is 4.77. The zero-order chi connectivity index (χ0) is 14.5. The minimum absolute atomic E-state index is 0.116. The molecular formula is C13H16N2O5. The van der Waals surface area contributed by atoms with Gasteiger partial charge in [-0.3, -0.25) is 14.4 Å². The third kappa shape index (κ3) is 4.11. The molecule has 0 radical (unpaired) electrons. The number of nitrogens with zero attached hydrogens (tertiary/aromatic N) is 1. The van der Waals surface area contributed by atoms with Crippen molar-refractivity contribution in [1.82, 2.24) is 10.2 Å². The molecule has 0 aliphatic heterocycles. The summed E-state index contributed by atoms with van der Waals surface area (Å²) in [5.41, 5.74) is 0. The van der Waals surface area contributed by atoms with Crippen LogP contribution in [0.15, 0.2) is 22.8 Å². The Labute approximate surface area is 115 Å². The average Bonchev–Trinajstić information content (AvgIpc) is 3.05. The van der Waals surface area contributed by atoms with Gasteiger partial charge >= 0.3 is 5.97 Å². The van der Waals surface area contributed by atoms with E-state index in [9.17, 15) is 14.4 Å². The standard InChI is InChI=1S/C13H16N2O5/c16-11(6-14-13(19)10-2-1-5-20-10)15(8-12(17)18)7-9-3-4-9/h1-2,5,9H,3-4,6-8H2,(H,14,19)(H,17,18). The first-order valence-electron chi connectivity index (χ1n) is 6.37. The number of hydrogen-bond acceptors (Lipinski definition) is 4. The fourth-order valence-electron chi connectivity index (χ4n) is 1.79. The van der Waals surface area contributed by atoms with Crippen molar-refractivity contribution in [3.63, 3.8) is 0 Å². The molecule has 0 spiro atoms. The molecule has 1 aromatic rings. The molecule has 2 amide bonds. The SMILES string of the molecule is O=C(O)CN(CC1CC1)C(=O)CNC(=O)c1ccco1. The Kier molecular flexibility index (Phi) is 4.39. The number of hydrogen-bond donors (Lipinski definition) is 2. The fourth-order valence-corrected chi connectivity index (χ4v) is 1.79. The normalized spacial score (nSPS) is 13.8. The largest absolute Gasteiger partial charge is 0.480 e. The summed E-state index contributed by atoms with van der Waals surface area (Å²) >= 11 is 0. The van der Waals surface area contributed by atoms with Crippen molar-refractivity contribution in [3.8, 4) is 0 Å². The lowest BCUT2D eigenvalue weighted by atomic mass is 10.3. The van der Waals surface area contributed by atoms with Crippen LogP contribution < -0.4 is 5.32 Å². The number of aliphatic carboxylic acids is 1. The molecule has 0 bridgehead atoms. The van der Waals surface area contributed by atoms with Crippen molar-refractivity contribution in [2.24, 2.45) is 5.92 Å². The van der Waals surface area contributed by atoms with Crippen LogP contribution in [-0.4, -0.2) is 47.4 Å². The first-order valence-corrected chi connectivity index (χ1v) is 6.37. The smallest absolute Gasteiger partial charge is 0.323 e. The Morgan fingerprint density at radius 2 is 2.15 bits per heavy atom. The second kappa shape index (κ2) is 6.23. The molecule has 1 heterocycles. The van der Waals surface area contributed by atoms with Gasteiger partial charge in [-0.05, 0) is 30.9 Å². The number of carbonyl (C=O) groups is 3. The van der Waals surface area contributed by atoms with Gasteiger partial charge in [-0.2, -0.15) is 0 Å². The first-order chi connectivity index (χ1) is 9.56. The third-order valence-electron chi connectivity index (χ3n) is 3.00. The van der Waals surface area contributed by atoms with Crippen molar-refractivity contribution < 1.29 is 23.9 Å². The average molecular weight is 280 g/mol. The van der Waals surface area contributed by atoms with E-state index < -0.39 is 17.8 Å². The Balaban J connectivity index is 1.84. The van der Waals surface area contributed by atoms with E-state index in [1.54, 1.807) is 6.07 Å². The molecule has 1 saturated carbocycles. The highest BCUT2D eigenvalue weighted by molar-refractivity contribution is 5.94. The molecule has 2 rings (SSSR count). The van der Waals surface area contributed by atoms with Gasteiger partial charge in [0.05, 0.1) is 12.8 Å². The monoisotopic (exact) mass is 280 g/mol. The number of nitrogens with one attached hydrogen (secondary N) is 1. The van der Waals surface area contributed by atoms with E-state index >= 15 is 0 Å². The lowest BCUT2D eigenvalue weighted by Crippen LogP contribution is -2.43. The summed E-state index contributed by atoms with van der Waals surface area (Å²) in [6.45, 7) is -0.146. The Hall–Kier alpha value is -2.31. The Morgan fingerprint density at radius 1 is 1.40 bits per heavy atom. The number of furan rings is 1. The molecule has 20 heavy (non-hydrogen) atoms. The van der Waals surface area contributed by atoms with Crippen molar-refractivity contribution >= 4 is 17.8 Å². The van der Waals surface area contributed by atoms with E-state index in [1.807, 2.05) is 0 Å². The minimum atomic E-state index is -1.06. The molecule has 2 N–H and O–H groups in total. The summed E-state index contributed by atoms with van der Waals surface area (Å²) in [4.78, 5) is 35.5. The van der Waals surface area contributed by atoms with Gasteiger partial charge in [0.25, 0.3) is 5.91 Å². The molecule has 0 unspecified atom stereocenters. The molecule has 108 valence electrons. The zero-order valence-corrected chi connectivity index (χ0v) is 10.9. The third-order valence-corrected chi connectivity index (χ3v) is 3.00. The fraction of sp³-hybridized carbons (Fsp3) is 0.462. The minimum Gasteiger partial charge on any atom is -0.480 e. The maximum Gasteiger partial charge on any atom is 0.323 e. The van der Waals surface area contributed by atoms with Crippen LogP contribution in [-0.2, 0) is 9.59 Å². The van der Waals surface area contributed by atoms with Crippen LogP contribution >= 0.6 is 0 Å². The maximum atomic E-state index is 11.9. The van der Waals surface area contributed by atoms with Crippen LogP contribution in [0.5, 0.6) is 0 Å². The molecule has 1 aromatic heterocycles. The topological polar surface area (TPSA) is 99.9 Å². The number of carbonyl (C=O) groups excluding carboxylic acids is 2. The summed E-state index contributed by atoms with van der Waals surface area (Å²) in [6.07, 6.45) is 3.39. The van der Waals surface area contributed by atoms with Crippen LogP contribution in [0.1, 0.15) is 23.4 Å². The zero-order valence-electron chi connectivity index (χ0n) is 10.9. The lowest BCUT2D eigenvalue weighted by Gasteiger charge is -2.20. The summed E-state index contributed by atoms with van der Waals surface area (Å²) in [5.74, 6) is -1.45. The van der Waals surface area contributed by atoms with Crippen LogP contribution in [0.3, 0.4) is 0 Å². The van der Waals surface area contributed by atoms with Gasteiger partial charge in [0.15, 0.2) is 5.76 Å². The van der Waals surface area contributed by atoms with E-state index in [-0.39, 0.29) is 18.8 Å². The summed E-state index contributed by atoms with van der Waals surface area (Å²) in [7, 11) is 0. The molecular weight excluding hydrogens is 264 g/mol. The van der Waals surface area contributed by atoms with E-state index in [0.29, 0.717) is 12.5 Å². The number of amides is 2. The molecule has 7 nitrogen and oxygen atoms in total. The predicted molar refractivity (Wildman–Crippen MR) is 68.0 cm³/mol. The van der Waals surface area contributed by atoms with Crippen LogP contribution in [0, 0.1) is 5.92 Å². The quantitative estimate of drug-likeness (QED) is 0.750. The van der Waals surface area contributed by atoms with Crippen molar-refractivity contribution in [3.05, 3.63) is 24.2 Å².